The number of nitrogens with zero attached hydrogens (tertiary/aromatic N) is 1. The highest BCUT2D eigenvalue weighted by Crippen LogP contribution is 2.38. The lowest BCUT2D eigenvalue weighted by Gasteiger charge is -2.22. The predicted octanol–water partition coefficient (Wildman–Crippen LogP) is 5.09. The van der Waals surface area contributed by atoms with Crippen LogP contribution in [-0.4, -0.2) is 11.5 Å². The lowest BCUT2D eigenvalue weighted by molar-refractivity contribution is 0.454. The van der Waals surface area contributed by atoms with E-state index in [1.54, 1.807) is 17.4 Å². The summed E-state index contributed by atoms with van der Waals surface area (Å²) in [5.74, 6) is -0.214. The van der Waals surface area contributed by atoms with Crippen molar-refractivity contribution in [2.24, 2.45) is 0 Å². The number of hydrogen-bond acceptors (Lipinski definition) is 3. The summed E-state index contributed by atoms with van der Waals surface area (Å²) >= 11 is 4.94. The number of halogens is 2. The molecule has 2 nitrogen and oxygen atoms in total. The fourth-order valence-corrected chi connectivity index (χ4v) is 4.24. The van der Waals surface area contributed by atoms with Crippen molar-refractivity contribution in [3.05, 3.63) is 39.1 Å². The van der Waals surface area contributed by atoms with Crippen LogP contribution in [0, 0.1) is 5.82 Å². The zero-order valence-electron chi connectivity index (χ0n) is 12.0. The van der Waals surface area contributed by atoms with Crippen LogP contribution in [0.15, 0.2) is 22.7 Å². The predicted molar refractivity (Wildman–Crippen MR) is 89.2 cm³/mol. The molecular formula is C16H18BrFN2S. The third-order valence-corrected chi connectivity index (χ3v) is 5.41. The third-order valence-electron chi connectivity index (χ3n) is 3.76. The number of fused-ring (bicyclic) bond motifs is 1. The van der Waals surface area contributed by atoms with Gasteiger partial charge in [-0.1, -0.05) is 22.9 Å². The monoisotopic (exact) mass is 368 g/mol. The maximum Gasteiger partial charge on any atom is 0.134 e. The van der Waals surface area contributed by atoms with Gasteiger partial charge in [0, 0.05) is 14.9 Å². The van der Waals surface area contributed by atoms with E-state index in [0.29, 0.717) is 11.6 Å². The molecule has 1 aromatic carbocycles. The van der Waals surface area contributed by atoms with Crippen molar-refractivity contribution >= 4 is 27.3 Å². The van der Waals surface area contributed by atoms with Crippen LogP contribution < -0.4 is 5.32 Å². The molecular weight excluding hydrogens is 351 g/mol. The minimum absolute atomic E-state index is 0.214. The second-order valence-electron chi connectivity index (χ2n) is 5.35. The first-order valence-corrected chi connectivity index (χ1v) is 8.98. The van der Waals surface area contributed by atoms with Crippen molar-refractivity contribution < 1.29 is 4.39 Å². The maximum absolute atomic E-state index is 14.1. The lowest BCUT2D eigenvalue weighted by Crippen LogP contribution is -2.25. The summed E-state index contributed by atoms with van der Waals surface area (Å²) in [5.41, 5.74) is 1.74. The van der Waals surface area contributed by atoms with E-state index in [1.165, 1.54) is 17.4 Å². The number of rotatable bonds is 4. The minimum atomic E-state index is -0.214. The molecule has 3 rings (SSSR count). The zero-order valence-corrected chi connectivity index (χ0v) is 14.4. The Labute approximate surface area is 136 Å². The summed E-state index contributed by atoms with van der Waals surface area (Å²) in [6.07, 6.45) is 4.48. The number of hydrogen-bond donors (Lipinski definition) is 1. The smallest absolute Gasteiger partial charge is 0.134 e. The standard InChI is InChI=1S/C16H18BrFN2S/c1-2-8-19-13-4-3-5-14-15(13)20-16(21-14)11-7-6-10(17)9-12(11)18/h6-7,9,13,19H,2-5,8H2,1H3. The molecule has 1 atom stereocenters. The third kappa shape index (κ3) is 3.20. The van der Waals surface area contributed by atoms with E-state index >= 15 is 0 Å². The van der Waals surface area contributed by atoms with Crippen molar-refractivity contribution in [2.45, 2.75) is 38.6 Å². The summed E-state index contributed by atoms with van der Waals surface area (Å²) in [7, 11) is 0. The molecule has 1 aliphatic rings. The van der Waals surface area contributed by atoms with E-state index < -0.39 is 0 Å². The van der Waals surface area contributed by atoms with Gasteiger partial charge in [0.2, 0.25) is 0 Å². The zero-order chi connectivity index (χ0) is 14.8. The number of nitrogens with one attached hydrogen (secondary N) is 1. The largest absolute Gasteiger partial charge is 0.309 e. The van der Waals surface area contributed by atoms with Crippen LogP contribution in [0.1, 0.15) is 42.8 Å². The van der Waals surface area contributed by atoms with Gasteiger partial charge >= 0.3 is 0 Å². The van der Waals surface area contributed by atoms with E-state index in [2.05, 4.69) is 28.2 Å². The molecule has 5 heteroatoms. The van der Waals surface area contributed by atoms with Crippen molar-refractivity contribution in [1.82, 2.24) is 10.3 Å². The molecule has 0 radical (unpaired) electrons. The van der Waals surface area contributed by atoms with Gasteiger partial charge in [0.1, 0.15) is 10.8 Å². The molecule has 0 saturated carbocycles. The van der Waals surface area contributed by atoms with Gasteiger partial charge in [-0.05, 0) is 50.4 Å². The first-order chi connectivity index (χ1) is 10.2. The lowest BCUT2D eigenvalue weighted by atomic mass is 9.97. The minimum Gasteiger partial charge on any atom is -0.309 e. The molecule has 1 N–H and O–H groups in total. The summed E-state index contributed by atoms with van der Waals surface area (Å²) in [4.78, 5) is 6.06. The molecule has 1 unspecified atom stereocenters. The van der Waals surface area contributed by atoms with Gasteiger partial charge in [0.05, 0.1) is 11.7 Å². The number of aryl methyl sites for hydroxylation is 1. The highest BCUT2D eigenvalue weighted by atomic mass is 79.9. The van der Waals surface area contributed by atoms with Gasteiger partial charge in [0.25, 0.3) is 0 Å². The molecule has 1 aromatic heterocycles. The normalized spacial score (nSPS) is 17.8. The molecule has 21 heavy (non-hydrogen) atoms. The molecule has 0 aliphatic heterocycles. The average Bonchev–Trinajstić information content (AvgIpc) is 2.89. The van der Waals surface area contributed by atoms with Gasteiger partial charge in [-0.25, -0.2) is 9.37 Å². The van der Waals surface area contributed by atoms with Crippen LogP contribution in [0.5, 0.6) is 0 Å². The molecule has 1 heterocycles. The van der Waals surface area contributed by atoms with Crippen LogP contribution in [0.25, 0.3) is 10.6 Å². The van der Waals surface area contributed by atoms with Crippen molar-refractivity contribution in [3.63, 3.8) is 0 Å². The Hall–Kier alpha value is -0.780. The molecule has 0 saturated heterocycles. The van der Waals surface area contributed by atoms with Crippen LogP contribution in [-0.2, 0) is 6.42 Å². The van der Waals surface area contributed by atoms with Crippen LogP contribution >= 0.6 is 27.3 Å². The number of benzene rings is 1. The molecule has 1 aliphatic carbocycles. The van der Waals surface area contributed by atoms with E-state index in [0.717, 1.165) is 41.0 Å². The van der Waals surface area contributed by atoms with E-state index in [4.69, 9.17) is 4.98 Å². The Morgan fingerprint density at radius 1 is 1.48 bits per heavy atom. The van der Waals surface area contributed by atoms with Gasteiger partial charge in [-0.3, -0.25) is 0 Å². The van der Waals surface area contributed by atoms with Crippen LogP contribution in [0.3, 0.4) is 0 Å². The number of aromatic nitrogens is 1. The summed E-state index contributed by atoms with van der Waals surface area (Å²) < 4.78 is 14.9. The Morgan fingerprint density at radius 3 is 3.10 bits per heavy atom. The molecule has 112 valence electrons. The Balaban J connectivity index is 1.94. The Morgan fingerprint density at radius 2 is 2.33 bits per heavy atom. The van der Waals surface area contributed by atoms with Crippen molar-refractivity contribution in [3.8, 4) is 10.6 Å². The first kappa shape index (κ1) is 15.1. The molecule has 2 aromatic rings. The Kier molecular flexibility index (Phi) is 4.72. The van der Waals surface area contributed by atoms with E-state index in [1.807, 2.05) is 6.07 Å². The second-order valence-corrected chi connectivity index (χ2v) is 7.35. The summed E-state index contributed by atoms with van der Waals surface area (Å²) in [6, 6.07) is 5.50. The molecule has 0 amide bonds. The number of thiazole rings is 1. The first-order valence-electron chi connectivity index (χ1n) is 7.37. The van der Waals surface area contributed by atoms with E-state index in [9.17, 15) is 4.39 Å². The Bertz CT molecular complexity index is 641. The fraction of sp³-hybridized carbons (Fsp3) is 0.438. The molecule has 0 fully saturated rings. The summed E-state index contributed by atoms with van der Waals surface area (Å²) in [6.45, 7) is 3.17. The highest BCUT2D eigenvalue weighted by Gasteiger charge is 2.25. The second kappa shape index (κ2) is 6.55. The topological polar surface area (TPSA) is 24.9 Å². The van der Waals surface area contributed by atoms with Crippen LogP contribution in [0.2, 0.25) is 0 Å². The van der Waals surface area contributed by atoms with Gasteiger partial charge < -0.3 is 5.32 Å². The quantitative estimate of drug-likeness (QED) is 0.812. The maximum atomic E-state index is 14.1. The van der Waals surface area contributed by atoms with Crippen molar-refractivity contribution in [1.29, 1.82) is 0 Å². The highest BCUT2D eigenvalue weighted by molar-refractivity contribution is 9.10. The van der Waals surface area contributed by atoms with Crippen molar-refractivity contribution in [2.75, 3.05) is 6.54 Å². The van der Waals surface area contributed by atoms with E-state index in [-0.39, 0.29) is 5.82 Å². The molecule has 0 spiro atoms. The van der Waals surface area contributed by atoms with Gasteiger partial charge in [0.15, 0.2) is 0 Å². The van der Waals surface area contributed by atoms with Crippen LogP contribution in [0.4, 0.5) is 4.39 Å². The average molecular weight is 369 g/mol. The summed E-state index contributed by atoms with van der Waals surface area (Å²) in [5, 5.41) is 4.36. The SMILES string of the molecule is CCCNC1CCCc2sc(-c3ccc(Br)cc3F)nc21. The van der Waals surface area contributed by atoms with Gasteiger partial charge in [-0.15, -0.1) is 11.3 Å². The fourth-order valence-electron chi connectivity index (χ4n) is 2.71. The molecule has 0 bridgehead atoms. The van der Waals surface area contributed by atoms with Gasteiger partial charge in [-0.2, -0.15) is 0 Å².